The van der Waals surface area contributed by atoms with E-state index < -0.39 is 0 Å². The van der Waals surface area contributed by atoms with Crippen molar-refractivity contribution in [2.24, 2.45) is 5.41 Å². The summed E-state index contributed by atoms with van der Waals surface area (Å²) in [4.78, 5) is 2.13. The fraction of sp³-hybridized carbons (Fsp3) is 1.00. The highest BCUT2D eigenvalue weighted by atomic mass is 16.3. The molecule has 1 N–H and O–H groups in total. The summed E-state index contributed by atoms with van der Waals surface area (Å²) >= 11 is 0. The van der Waals surface area contributed by atoms with Crippen LogP contribution in [0.15, 0.2) is 0 Å². The van der Waals surface area contributed by atoms with Crippen molar-refractivity contribution >= 4 is 0 Å². The van der Waals surface area contributed by atoms with Crippen LogP contribution in [0.1, 0.15) is 40.5 Å². The van der Waals surface area contributed by atoms with Crippen LogP contribution in [0.25, 0.3) is 0 Å². The van der Waals surface area contributed by atoms with Crippen LogP contribution >= 0.6 is 0 Å². The molecule has 0 saturated heterocycles. The molecule has 1 unspecified atom stereocenters. The third-order valence-corrected chi connectivity index (χ3v) is 1.93. The first-order valence-corrected chi connectivity index (χ1v) is 5.29. The summed E-state index contributed by atoms with van der Waals surface area (Å²) in [5, 5.41) is 9.14. The zero-order valence-electron chi connectivity index (χ0n) is 10.2. The van der Waals surface area contributed by atoms with Gasteiger partial charge >= 0.3 is 0 Å². The summed E-state index contributed by atoms with van der Waals surface area (Å²) in [5.74, 6) is 0. The predicted octanol–water partition coefficient (Wildman–Crippen LogP) is 2.37. The van der Waals surface area contributed by atoms with Crippen molar-refractivity contribution in [2.75, 3.05) is 27.2 Å². The Morgan fingerprint density at radius 1 is 1.23 bits per heavy atom. The van der Waals surface area contributed by atoms with Crippen LogP contribution in [0.4, 0.5) is 0 Å². The molecule has 0 aromatic heterocycles. The van der Waals surface area contributed by atoms with E-state index in [-0.39, 0.29) is 5.41 Å². The zero-order valence-corrected chi connectivity index (χ0v) is 10.2. The number of hydrogen-bond donors (Lipinski definition) is 1. The Hall–Kier alpha value is -0.0800. The van der Waals surface area contributed by atoms with Crippen molar-refractivity contribution < 1.29 is 5.11 Å². The molecule has 0 aromatic rings. The highest BCUT2D eigenvalue weighted by molar-refractivity contribution is 4.74. The van der Waals surface area contributed by atoms with Gasteiger partial charge in [0.05, 0.1) is 0 Å². The van der Waals surface area contributed by atoms with E-state index >= 15 is 0 Å². The maximum atomic E-state index is 9.14. The molecule has 0 rings (SSSR count). The normalized spacial score (nSPS) is 14.8. The lowest BCUT2D eigenvalue weighted by Crippen LogP contribution is -2.34. The first-order valence-electron chi connectivity index (χ1n) is 5.29. The fourth-order valence-electron chi connectivity index (χ4n) is 1.58. The molecule has 0 saturated carbocycles. The second kappa shape index (κ2) is 8.52. The van der Waals surface area contributed by atoms with E-state index in [4.69, 9.17) is 5.11 Å². The number of aliphatic hydroxyl groups is 1. The molecular weight excluding hydrogens is 162 g/mol. The smallest absolute Gasteiger partial charge is 0.0497 e. The largest absolute Gasteiger partial charge is 0.396 e. The number of hydrogen-bond acceptors (Lipinski definition) is 2. The molecular formula is C11H27NO. The van der Waals surface area contributed by atoms with Crippen molar-refractivity contribution in [3.8, 4) is 0 Å². The third-order valence-electron chi connectivity index (χ3n) is 1.93. The molecule has 0 aromatic carbocycles. The summed E-state index contributed by atoms with van der Waals surface area (Å²) < 4.78 is 0. The zero-order chi connectivity index (χ0) is 10.9. The van der Waals surface area contributed by atoms with E-state index in [2.05, 4.69) is 18.7 Å². The molecule has 0 amide bonds. The van der Waals surface area contributed by atoms with E-state index in [9.17, 15) is 0 Å². The van der Waals surface area contributed by atoms with Gasteiger partial charge in [-0.05, 0) is 20.5 Å². The predicted molar refractivity (Wildman–Crippen MR) is 60.0 cm³/mol. The molecule has 0 heterocycles. The van der Waals surface area contributed by atoms with Crippen molar-refractivity contribution in [3.63, 3.8) is 0 Å². The van der Waals surface area contributed by atoms with E-state index in [1.54, 1.807) is 0 Å². The van der Waals surface area contributed by atoms with Crippen molar-refractivity contribution in [1.29, 1.82) is 0 Å². The molecule has 0 fully saturated rings. The maximum Gasteiger partial charge on any atom is 0.0497 e. The molecule has 0 radical (unpaired) electrons. The monoisotopic (exact) mass is 189 g/mol. The van der Waals surface area contributed by atoms with Crippen LogP contribution in [0.2, 0.25) is 0 Å². The number of nitrogens with zero attached hydrogens (tertiary/aromatic N) is 1. The maximum absolute atomic E-state index is 9.14. The molecule has 2 nitrogen and oxygen atoms in total. The Kier molecular flexibility index (Phi) is 10.1. The van der Waals surface area contributed by atoms with Gasteiger partial charge in [0, 0.05) is 18.6 Å². The fourth-order valence-corrected chi connectivity index (χ4v) is 1.58. The van der Waals surface area contributed by atoms with Crippen molar-refractivity contribution in [3.05, 3.63) is 0 Å². The average Bonchev–Trinajstić information content (AvgIpc) is 2.07. The lowest BCUT2D eigenvalue weighted by molar-refractivity contribution is 0.0993. The molecule has 0 bridgehead atoms. The summed E-state index contributed by atoms with van der Waals surface area (Å²) in [6, 6.07) is 0. The molecule has 2 heteroatoms. The summed E-state index contributed by atoms with van der Waals surface area (Å²) in [7, 11) is 4.09. The van der Waals surface area contributed by atoms with Gasteiger partial charge in [-0.3, -0.25) is 0 Å². The van der Waals surface area contributed by atoms with Crippen molar-refractivity contribution in [1.82, 2.24) is 4.90 Å². The van der Waals surface area contributed by atoms with E-state index in [0.29, 0.717) is 6.61 Å². The number of rotatable bonds is 5. The van der Waals surface area contributed by atoms with Crippen molar-refractivity contribution in [2.45, 2.75) is 40.5 Å². The Labute approximate surface area is 83.9 Å². The van der Waals surface area contributed by atoms with E-state index in [0.717, 1.165) is 19.4 Å². The minimum Gasteiger partial charge on any atom is -0.396 e. The minimum atomic E-state index is 0.0955. The minimum absolute atomic E-state index is 0.0955. The quantitative estimate of drug-likeness (QED) is 0.718. The van der Waals surface area contributed by atoms with Gasteiger partial charge in [-0.15, -0.1) is 0 Å². The summed E-state index contributed by atoms with van der Waals surface area (Å²) in [5.41, 5.74) is 0.0955. The first kappa shape index (κ1) is 15.4. The third kappa shape index (κ3) is 8.26. The van der Waals surface area contributed by atoms with E-state index in [1.165, 1.54) is 0 Å². The molecule has 1 atom stereocenters. The van der Waals surface area contributed by atoms with Crippen LogP contribution in [-0.4, -0.2) is 37.3 Å². The van der Waals surface area contributed by atoms with Gasteiger partial charge in [0.1, 0.15) is 0 Å². The second-order valence-corrected chi connectivity index (χ2v) is 3.96. The average molecular weight is 189 g/mol. The lowest BCUT2D eigenvalue weighted by Gasteiger charge is -2.29. The van der Waals surface area contributed by atoms with Gasteiger partial charge < -0.3 is 10.0 Å². The van der Waals surface area contributed by atoms with Gasteiger partial charge in [0.25, 0.3) is 0 Å². The Morgan fingerprint density at radius 2 is 1.69 bits per heavy atom. The van der Waals surface area contributed by atoms with Gasteiger partial charge in [-0.2, -0.15) is 0 Å². The Morgan fingerprint density at radius 3 is 1.92 bits per heavy atom. The van der Waals surface area contributed by atoms with Gasteiger partial charge in [0.15, 0.2) is 0 Å². The topological polar surface area (TPSA) is 23.5 Å². The van der Waals surface area contributed by atoms with Crippen LogP contribution in [-0.2, 0) is 0 Å². The summed E-state index contributed by atoms with van der Waals surface area (Å²) in [6.07, 6.45) is 2.24. The van der Waals surface area contributed by atoms with Crippen LogP contribution in [0.3, 0.4) is 0 Å². The van der Waals surface area contributed by atoms with Gasteiger partial charge in [0.2, 0.25) is 0 Å². The standard InChI is InChI=1S/C9H21NO.C2H6/c1-5-6-9(2,8-11)7-10(3)4;1-2/h11H,5-8H2,1-4H3;1-2H3. The Balaban J connectivity index is 0. The summed E-state index contributed by atoms with van der Waals surface area (Å²) in [6.45, 7) is 9.55. The molecule has 0 aliphatic heterocycles. The van der Waals surface area contributed by atoms with Gasteiger partial charge in [-0.25, -0.2) is 0 Å². The second-order valence-electron chi connectivity index (χ2n) is 3.96. The van der Waals surface area contributed by atoms with Crippen LogP contribution in [0.5, 0.6) is 0 Å². The molecule has 0 aliphatic carbocycles. The molecule has 82 valence electrons. The lowest BCUT2D eigenvalue weighted by atomic mass is 9.86. The van der Waals surface area contributed by atoms with Gasteiger partial charge in [-0.1, -0.05) is 34.1 Å². The number of aliphatic hydroxyl groups excluding tert-OH is 1. The molecule has 0 spiro atoms. The first-order chi connectivity index (χ1) is 6.04. The highest BCUT2D eigenvalue weighted by Gasteiger charge is 2.22. The van der Waals surface area contributed by atoms with Crippen LogP contribution in [0, 0.1) is 5.41 Å². The van der Waals surface area contributed by atoms with Crippen LogP contribution < -0.4 is 0 Å². The molecule has 0 aliphatic rings. The van der Waals surface area contributed by atoms with E-state index in [1.807, 2.05) is 27.9 Å². The Bertz CT molecular complexity index is 104. The molecule has 13 heavy (non-hydrogen) atoms. The SMILES string of the molecule is CC.CCCC(C)(CO)CN(C)C. The highest BCUT2D eigenvalue weighted by Crippen LogP contribution is 2.22.